The quantitative estimate of drug-likeness (QED) is 0.856. The first kappa shape index (κ1) is 11.7. The summed E-state index contributed by atoms with van der Waals surface area (Å²) in [6.07, 6.45) is 10.7. The van der Waals surface area contributed by atoms with Gasteiger partial charge in [-0.3, -0.25) is 0 Å². The lowest BCUT2D eigenvalue weighted by atomic mass is 10.1. The zero-order chi connectivity index (χ0) is 13.2. The van der Waals surface area contributed by atoms with Crippen molar-refractivity contribution < 1.29 is 9.53 Å². The highest BCUT2D eigenvalue weighted by Gasteiger charge is 2.15. The second-order valence-corrected chi connectivity index (χ2v) is 4.34. The number of ether oxygens (including phenoxy) is 1. The number of carbonyl (C=O) groups excluding carboxylic acids is 1. The van der Waals surface area contributed by atoms with Gasteiger partial charge in [-0.2, -0.15) is 0 Å². The van der Waals surface area contributed by atoms with E-state index in [-0.39, 0.29) is 5.97 Å². The normalized spacial score (nSPS) is 13.8. The molecular weight excluding hydrogens is 240 g/mol. The number of hydrogen-bond acceptors (Lipinski definition) is 3. The van der Waals surface area contributed by atoms with E-state index in [4.69, 9.17) is 4.74 Å². The lowest BCUT2D eigenvalue weighted by Gasteiger charge is -2.02. The van der Waals surface area contributed by atoms with Gasteiger partial charge in [0.15, 0.2) is 0 Å². The van der Waals surface area contributed by atoms with E-state index in [1.54, 1.807) is 13.1 Å². The molecule has 19 heavy (non-hydrogen) atoms. The highest BCUT2D eigenvalue weighted by atomic mass is 16.5. The van der Waals surface area contributed by atoms with Crippen LogP contribution in [-0.2, 0) is 4.74 Å². The predicted octanol–water partition coefficient (Wildman–Crippen LogP) is 3.08. The van der Waals surface area contributed by atoms with Gasteiger partial charge in [0.25, 0.3) is 0 Å². The number of esters is 1. The summed E-state index contributed by atoms with van der Waals surface area (Å²) in [7, 11) is 0. The Labute approximate surface area is 110 Å². The van der Waals surface area contributed by atoms with Crippen molar-refractivity contribution >= 4 is 22.6 Å². The lowest BCUT2D eigenvalue weighted by molar-refractivity contribution is 0.0529. The Hall–Kier alpha value is -2.36. The van der Waals surface area contributed by atoms with Crippen molar-refractivity contribution in [2.24, 2.45) is 0 Å². The third-order valence-corrected chi connectivity index (χ3v) is 3.13. The number of carbonyl (C=O) groups is 1. The first-order valence-electron chi connectivity index (χ1n) is 6.31. The molecule has 0 amide bonds. The average Bonchev–Trinajstić information content (AvgIpc) is 3.07. The smallest absolute Gasteiger partial charge is 0.340 e. The summed E-state index contributed by atoms with van der Waals surface area (Å²) < 4.78 is 5.04. The van der Waals surface area contributed by atoms with Crippen LogP contribution in [0.1, 0.15) is 29.3 Å². The fourth-order valence-electron chi connectivity index (χ4n) is 2.21. The van der Waals surface area contributed by atoms with Crippen molar-refractivity contribution in [2.45, 2.75) is 13.3 Å². The number of aromatic amines is 1. The molecule has 2 aromatic heterocycles. The number of rotatable bonds is 3. The van der Waals surface area contributed by atoms with Crippen LogP contribution in [0.2, 0.25) is 0 Å². The van der Waals surface area contributed by atoms with Crippen molar-refractivity contribution in [3.05, 3.63) is 47.8 Å². The third kappa shape index (κ3) is 2.05. The number of nitrogens with zero attached hydrogens (tertiary/aromatic N) is 1. The van der Waals surface area contributed by atoms with E-state index in [0.29, 0.717) is 17.8 Å². The molecule has 1 aliphatic rings. The van der Waals surface area contributed by atoms with E-state index in [0.717, 1.165) is 22.9 Å². The Morgan fingerprint density at radius 3 is 3.16 bits per heavy atom. The van der Waals surface area contributed by atoms with Gasteiger partial charge in [-0.15, -0.1) is 0 Å². The van der Waals surface area contributed by atoms with Gasteiger partial charge >= 0.3 is 5.97 Å². The molecule has 0 aromatic carbocycles. The molecule has 3 rings (SSSR count). The van der Waals surface area contributed by atoms with Crippen LogP contribution in [-0.4, -0.2) is 22.5 Å². The van der Waals surface area contributed by atoms with Crippen molar-refractivity contribution in [1.82, 2.24) is 9.97 Å². The SMILES string of the molecule is CCOC(=O)c1c[nH]c2ncc(C3=CCC=C3)cc12. The number of aromatic nitrogens is 2. The molecule has 4 nitrogen and oxygen atoms in total. The molecule has 4 heteroatoms. The second-order valence-electron chi connectivity index (χ2n) is 4.34. The Balaban J connectivity index is 2.07. The first-order valence-corrected chi connectivity index (χ1v) is 6.31. The maximum absolute atomic E-state index is 11.9. The largest absolute Gasteiger partial charge is 0.462 e. The minimum atomic E-state index is -0.316. The molecule has 2 heterocycles. The molecule has 0 unspecified atom stereocenters. The van der Waals surface area contributed by atoms with Gasteiger partial charge in [-0.05, 0) is 25.0 Å². The number of H-pyrrole nitrogens is 1. The van der Waals surface area contributed by atoms with E-state index in [9.17, 15) is 4.79 Å². The van der Waals surface area contributed by atoms with Gasteiger partial charge < -0.3 is 9.72 Å². The third-order valence-electron chi connectivity index (χ3n) is 3.13. The van der Waals surface area contributed by atoms with Crippen molar-refractivity contribution in [3.63, 3.8) is 0 Å². The number of fused-ring (bicyclic) bond motifs is 1. The molecule has 1 N–H and O–H groups in total. The van der Waals surface area contributed by atoms with E-state index < -0.39 is 0 Å². The van der Waals surface area contributed by atoms with Gasteiger partial charge in [-0.1, -0.05) is 18.2 Å². The molecule has 0 saturated carbocycles. The van der Waals surface area contributed by atoms with Crippen LogP contribution in [0.3, 0.4) is 0 Å². The van der Waals surface area contributed by atoms with Crippen molar-refractivity contribution in [1.29, 1.82) is 0 Å². The monoisotopic (exact) mass is 254 g/mol. The molecule has 1 aliphatic carbocycles. The predicted molar refractivity (Wildman–Crippen MR) is 73.8 cm³/mol. The highest BCUT2D eigenvalue weighted by molar-refractivity contribution is 6.03. The van der Waals surface area contributed by atoms with Crippen LogP contribution in [0.15, 0.2) is 36.7 Å². The molecule has 0 spiro atoms. The van der Waals surface area contributed by atoms with Crippen LogP contribution in [0.4, 0.5) is 0 Å². The summed E-state index contributed by atoms with van der Waals surface area (Å²) in [4.78, 5) is 19.2. The van der Waals surface area contributed by atoms with Crippen molar-refractivity contribution in [2.75, 3.05) is 6.61 Å². The zero-order valence-corrected chi connectivity index (χ0v) is 10.6. The summed E-state index contributed by atoms with van der Waals surface area (Å²) in [5.74, 6) is -0.316. The first-order chi connectivity index (χ1) is 9.29. The van der Waals surface area contributed by atoms with Gasteiger partial charge in [0.1, 0.15) is 5.65 Å². The van der Waals surface area contributed by atoms with Gasteiger partial charge in [0.05, 0.1) is 12.2 Å². The Morgan fingerprint density at radius 2 is 2.42 bits per heavy atom. The number of allylic oxidation sites excluding steroid dienone is 4. The molecule has 2 aromatic rings. The maximum atomic E-state index is 11.9. The fourth-order valence-corrected chi connectivity index (χ4v) is 2.21. The minimum Gasteiger partial charge on any atom is -0.462 e. The number of pyridine rings is 1. The molecule has 96 valence electrons. The zero-order valence-electron chi connectivity index (χ0n) is 10.6. The van der Waals surface area contributed by atoms with Crippen LogP contribution < -0.4 is 0 Å². The summed E-state index contributed by atoms with van der Waals surface area (Å²) in [5.41, 5.74) is 3.40. The van der Waals surface area contributed by atoms with Gasteiger partial charge in [-0.25, -0.2) is 9.78 Å². The van der Waals surface area contributed by atoms with E-state index in [1.807, 2.05) is 12.3 Å². The van der Waals surface area contributed by atoms with Gasteiger partial charge in [0, 0.05) is 23.3 Å². The topological polar surface area (TPSA) is 55.0 Å². The maximum Gasteiger partial charge on any atom is 0.340 e. The van der Waals surface area contributed by atoms with E-state index >= 15 is 0 Å². The second kappa shape index (κ2) is 4.72. The molecule has 0 saturated heterocycles. The molecule has 0 aliphatic heterocycles. The summed E-state index contributed by atoms with van der Waals surface area (Å²) >= 11 is 0. The summed E-state index contributed by atoms with van der Waals surface area (Å²) in [6.45, 7) is 2.16. The Bertz CT molecular complexity index is 695. The highest BCUT2D eigenvalue weighted by Crippen LogP contribution is 2.25. The molecular formula is C15H14N2O2. The lowest BCUT2D eigenvalue weighted by Crippen LogP contribution is -2.03. The molecule has 0 atom stereocenters. The average molecular weight is 254 g/mol. The molecule has 0 bridgehead atoms. The van der Waals surface area contributed by atoms with Crippen molar-refractivity contribution in [3.8, 4) is 0 Å². The van der Waals surface area contributed by atoms with Crippen LogP contribution in [0.25, 0.3) is 16.6 Å². The number of hydrogen-bond donors (Lipinski definition) is 1. The Morgan fingerprint density at radius 1 is 1.53 bits per heavy atom. The van der Waals surface area contributed by atoms with E-state index in [1.165, 1.54) is 0 Å². The number of nitrogens with one attached hydrogen (secondary N) is 1. The fraction of sp³-hybridized carbons (Fsp3) is 0.200. The van der Waals surface area contributed by atoms with E-state index in [2.05, 4.69) is 28.2 Å². The standard InChI is InChI=1S/C15H14N2O2/c1-2-19-15(18)13-9-17-14-12(13)7-11(8-16-14)10-5-3-4-6-10/h3,5-9H,2,4H2,1H3,(H,16,17). The van der Waals surface area contributed by atoms with Crippen LogP contribution in [0, 0.1) is 0 Å². The van der Waals surface area contributed by atoms with Crippen LogP contribution in [0.5, 0.6) is 0 Å². The Kier molecular flexibility index (Phi) is 2.91. The minimum absolute atomic E-state index is 0.316. The molecule has 0 radical (unpaired) electrons. The van der Waals surface area contributed by atoms with Crippen LogP contribution >= 0.6 is 0 Å². The summed E-state index contributed by atoms with van der Waals surface area (Å²) in [6, 6.07) is 1.98. The summed E-state index contributed by atoms with van der Waals surface area (Å²) in [5, 5.41) is 0.803. The van der Waals surface area contributed by atoms with Gasteiger partial charge in [0.2, 0.25) is 0 Å². The molecule has 0 fully saturated rings.